The highest BCUT2D eigenvalue weighted by atomic mass is 16.6. The van der Waals surface area contributed by atoms with Crippen LogP contribution >= 0.6 is 0 Å². The summed E-state index contributed by atoms with van der Waals surface area (Å²) >= 11 is 0. The maximum absolute atomic E-state index is 12.2. The van der Waals surface area contributed by atoms with Crippen LogP contribution in [-0.4, -0.2) is 36.4 Å². The van der Waals surface area contributed by atoms with E-state index in [1.54, 1.807) is 0 Å². The van der Waals surface area contributed by atoms with Gasteiger partial charge in [0.1, 0.15) is 6.61 Å². The predicted octanol–water partition coefficient (Wildman–Crippen LogP) is 4.98. The zero-order valence-electron chi connectivity index (χ0n) is 19.5. The van der Waals surface area contributed by atoms with Crippen LogP contribution in [0.2, 0.25) is 0 Å². The van der Waals surface area contributed by atoms with E-state index in [0.29, 0.717) is 11.8 Å². The van der Waals surface area contributed by atoms with Crippen molar-refractivity contribution in [3.8, 4) is 0 Å². The number of hydrogen-bond donors (Lipinski definition) is 1. The highest BCUT2D eigenvalue weighted by Crippen LogP contribution is 2.62. The fourth-order valence-corrected chi connectivity index (χ4v) is 5.66. The predicted molar refractivity (Wildman–Crippen MR) is 118 cm³/mol. The Labute approximate surface area is 181 Å². The third kappa shape index (κ3) is 5.54. The van der Waals surface area contributed by atoms with Crippen molar-refractivity contribution in [2.75, 3.05) is 13.2 Å². The number of fused-ring (bicyclic) bond motifs is 1. The number of hydrogen-bond acceptors (Lipinski definition) is 5. The van der Waals surface area contributed by atoms with Gasteiger partial charge >= 0.3 is 11.9 Å². The third-order valence-electron chi connectivity index (χ3n) is 7.95. The van der Waals surface area contributed by atoms with Gasteiger partial charge in [-0.3, -0.25) is 4.79 Å². The molecule has 2 aliphatic rings. The molecule has 5 unspecified atom stereocenters. The van der Waals surface area contributed by atoms with E-state index >= 15 is 0 Å². The monoisotopic (exact) mass is 420 g/mol. The van der Waals surface area contributed by atoms with E-state index in [1.807, 2.05) is 6.92 Å². The maximum Gasteiger partial charge on any atom is 0.331 e. The summed E-state index contributed by atoms with van der Waals surface area (Å²) < 4.78 is 10.0. The fourth-order valence-electron chi connectivity index (χ4n) is 5.66. The molecule has 0 radical (unpaired) electrons. The van der Waals surface area contributed by atoms with Crippen molar-refractivity contribution in [1.29, 1.82) is 0 Å². The standard InChI is InChI=1S/C25H40O5/c1-17(14-23(28)30-21(15-26)16-29-20(4)27)10-12-24(5)19(3)11-13-25(6)18(2)8-7-9-22(24)25/h14,19,21-22,26H,2,7-13,15-16H2,1,3-6H3. The Hall–Kier alpha value is -1.62. The molecule has 1 N–H and O–H groups in total. The van der Waals surface area contributed by atoms with Crippen molar-refractivity contribution in [3.05, 3.63) is 23.8 Å². The van der Waals surface area contributed by atoms with Crippen LogP contribution < -0.4 is 0 Å². The topological polar surface area (TPSA) is 72.8 Å². The van der Waals surface area contributed by atoms with E-state index in [9.17, 15) is 14.7 Å². The minimum Gasteiger partial charge on any atom is -0.462 e. The summed E-state index contributed by atoms with van der Waals surface area (Å²) in [4.78, 5) is 23.1. The number of ether oxygens (including phenoxy) is 2. The van der Waals surface area contributed by atoms with Gasteiger partial charge < -0.3 is 14.6 Å². The van der Waals surface area contributed by atoms with E-state index in [2.05, 4.69) is 27.4 Å². The Morgan fingerprint density at radius 1 is 1.30 bits per heavy atom. The van der Waals surface area contributed by atoms with Gasteiger partial charge in [-0.25, -0.2) is 4.79 Å². The molecule has 0 aliphatic heterocycles. The molecule has 0 aromatic rings. The van der Waals surface area contributed by atoms with Crippen LogP contribution in [0.1, 0.15) is 79.6 Å². The lowest BCUT2D eigenvalue weighted by atomic mass is 9.46. The molecule has 0 saturated heterocycles. The quantitative estimate of drug-likeness (QED) is 0.341. The Morgan fingerprint density at radius 2 is 2.00 bits per heavy atom. The lowest BCUT2D eigenvalue weighted by Crippen LogP contribution is -2.50. The van der Waals surface area contributed by atoms with Gasteiger partial charge in [-0.05, 0) is 74.5 Å². The number of rotatable bonds is 8. The van der Waals surface area contributed by atoms with Crippen LogP contribution in [0.25, 0.3) is 0 Å². The van der Waals surface area contributed by atoms with Crippen molar-refractivity contribution in [3.63, 3.8) is 0 Å². The molecule has 5 atom stereocenters. The van der Waals surface area contributed by atoms with Gasteiger partial charge in [0.2, 0.25) is 0 Å². The molecule has 2 fully saturated rings. The Balaban J connectivity index is 2.00. The first-order chi connectivity index (χ1) is 14.0. The fraction of sp³-hybridized carbons (Fsp3) is 0.760. The zero-order valence-corrected chi connectivity index (χ0v) is 19.5. The lowest BCUT2D eigenvalue weighted by Gasteiger charge is -2.59. The largest absolute Gasteiger partial charge is 0.462 e. The molecule has 0 heterocycles. The van der Waals surface area contributed by atoms with Crippen LogP contribution in [0.5, 0.6) is 0 Å². The molecule has 5 nitrogen and oxygen atoms in total. The van der Waals surface area contributed by atoms with Gasteiger partial charge in [0.05, 0.1) is 6.61 Å². The van der Waals surface area contributed by atoms with Crippen LogP contribution in [0.3, 0.4) is 0 Å². The average Bonchev–Trinajstić information content (AvgIpc) is 2.68. The van der Waals surface area contributed by atoms with Crippen LogP contribution in [0, 0.1) is 22.7 Å². The molecule has 0 bridgehead atoms. The molecule has 30 heavy (non-hydrogen) atoms. The zero-order chi connectivity index (χ0) is 22.5. The van der Waals surface area contributed by atoms with E-state index in [1.165, 1.54) is 44.3 Å². The smallest absolute Gasteiger partial charge is 0.331 e. The highest BCUT2D eigenvalue weighted by Gasteiger charge is 2.53. The summed E-state index contributed by atoms with van der Waals surface area (Å²) in [5.74, 6) is 0.306. The first-order valence-corrected chi connectivity index (χ1v) is 11.3. The maximum atomic E-state index is 12.2. The van der Waals surface area contributed by atoms with Crippen molar-refractivity contribution in [2.24, 2.45) is 22.7 Å². The number of carbonyl (C=O) groups excluding carboxylic acids is 2. The van der Waals surface area contributed by atoms with E-state index in [-0.39, 0.29) is 24.0 Å². The van der Waals surface area contributed by atoms with Gasteiger partial charge in [0.15, 0.2) is 6.10 Å². The van der Waals surface area contributed by atoms with E-state index in [4.69, 9.17) is 9.47 Å². The van der Waals surface area contributed by atoms with Gasteiger partial charge in [0, 0.05) is 13.0 Å². The van der Waals surface area contributed by atoms with Gasteiger partial charge in [-0.15, -0.1) is 0 Å². The summed E-state index contributed by atoms with van der Waals surface area (Å²) in [7, 11) is 0. The number of aliphatic hydroxyl groups is 1. The normalized spacial score (nSPS) is 32.9. The molecule has 2 aliphatic carbocycles. The molecule has 0 amide bonds. The van der Waals surface area contributed by atoms with Crippen molar-refractivity contribution in [1.82, 2.24) is 0 Å². The number of esters is 2. The minimum absolute atomic E-state index is 0.135. The molecule has 5 heteroatoms. The molecular weight excluding hydrogens is 380 g/mol. The van der Waals surface area contributed by atoms with E-state index < -0.39 is 18.0 Å². The lowest BCUT2D eigenvalue weighted by molar-refractivity contribution is -0.156. The first kappa shape index (κ1) is 24.6. The summed E-state index contributed by atoms with van der Waals surface area (Å²) in [6.45, 7) is 14.4. The van der Waals surface area contributed by atoms with Crippen molar-refractivity contribution in [2.45, 2.75) is 85.7 Å². The number of aliphatic hydroxyl groups excluding tert-OH is 1. The summed E-state index contributed by atoms with van der Waals surface area (Å²) in [5.41, 5.74) is 2.86. The SMILES string of the molecule is C=C1CCCC2C1(C)CCC(C)C2(C)CCC(C)=CC(=O)OC(CO)COC(C)=O. The van der Waals surface area contributed by atoms with Crippen molar-refractivity contribution < 1.29 is 24.2 Å². The number of allylic oxidation sites excluding steroid dienone is 2. The van der Waals surface area contributed by atoms with Gasteiger partial charge in [-0.1, -0.05) is 38.5 Å². The summed E-state index contributed by atoms with van der Waals surface area (Å²) in [6, 6.07) is 0. The van der Waals surface area contributed by atoms with E-state index in [0.717, 1.165) is 24.8 Å². The second-order valence-electron chi connectivity index (χ2n) is 9.95. The molecule has 2 rings (SSSR count). The van der Waals surface area contributed by atoms with Crippen molar-refractivity contribution >= 4 is 11.9 Å². The minimum atomic E-state index is -0.838. The Kier molecular flexibility index (Phi) is 8.32. The average molecular weight is 421 g/mol. The second kappa shape index (κ2) is 10.1. The second-order valence-corrected chi connectivity index (χ2v) is 9.95. The molecule has 170 valence electrons. The molecule has 0 aromatic carbocycles. The summed E-state index contributed by atoms with van der Waals surface area (Å²) in [5, 5.41) is 9.32. The van der Waals surface area contributed by atoms with Gasteiger partial charge in [-0.2, -0.15) is 0 Å². The molecule has 2 saturated carbocycles. The molecule has 0 aromatic heterocycles. The summed E-state index contributed by atoms with van der Waals surface area (Å²) in [6.07, 6.45) is 8.64. The molecular formula is C25H40O5. The third-order valence-corrected chi connectivity index (χ3v) is 7.95. The Morgan fingerprint density at radius 3 is 2.63 bits per heavy atom. The highest BCUT2D eigenvalue weighted by molar-refractivity contribution is 5.82. The van der Waals surface area contributed by atoms with Crippen LogP contribution in [0.15, 0.2) is 23.8 Å². The van der Waals surface area contributed by atoms with Gasteiger partial charge in [0.25, 0.3) is 0 Å². The molecule has 0 spiro atoms. The first-order valence-electron chi connectivity index (χ1n) is 11.3. The Bertz CT molecular complexity index is 681. The van der Waals surface area contributed by atoms with Crippen LogP contribution in [0.4, 0.5) is 0 Å². The van der Waals surface area contributed by atoms with Crippen LogP contribution in [-0.2, 0) is 19.1 Å². The number of carbonyl (C=O) groups is 2.